The van der Waals surface area contributed by atoms with Crippen LogP contribution in [0.3, 0.4) is 0 Å². The Hall–Kier alpha value is -2.20. The highest BCUT2D eigenvalue weighted by Crippen LogP contribution is 2.06. The molecular formula is C15H14N2OS. The highest BCUT2D eigenvalue weighted by molar-refractivity contribution is 7.80. The van der Waals surface area contributed by atoms with Crippen LogP contribution in [0.15, 0.2) is 54.6 Å². The van der Waals surface area contributed by atoms with E-state index in [1.54, 1.807) is 12.1 Å². The van der Waals surface area contributed by atoms with Crippen molar-refractivity contribution >= 4 is 23.1 Å². The third-order valence-electron chi connectivity index (χ3n) is 2.70. The second-order valence-corrected chi connectivity index (χ2v) is 4.55. The van der Waals surface area contributed by atoms with Crippen molar-refractivity contribution in [2.75, 3.05) is 0 Å². The first-order valence-corrected chi connectivity index (χ1v) is 6.29. The van der Waals surface area contributed by atoms with Gasteiger partial charge in [-0.2, -0.15) is 0 Å². The minimum absolute atomic E-state index is 0.0960. The van der Waals surface area contributed by atoms with Gasteiger partial charge >= 0.3 is 0 Å². The van der Waals surface area contributed by atoms with Crippen molar-refractivity contribution in [1.82, 2.24) is 5.32 Å². The first-order valence-electron chi connectivity index (χ1n) is 5.89. The van der Waals surface area contributed by atoms with Gasteiger partial charge in [0.25, 0.3) is 5.91 Å². The summed E-state index contributed by atoms with van der Waals surface area (Å²) in [7, 11) is 0. The molecular weight excluding hydrogens is 256 g/mol. The van der Waals surface area contributed by atoms with Crippen LogP contribution in [0.25, 0.3) is 0 Å². The molecule has 0 unspecified atom stereocenters. The molecule has 0 aliphatic rings. The summed E-state index contributed by atoms with van der Waals surface area (Å²) in [6.45, 7) is 0.449. The van der Waals surface area contributed by atoms with Gasteiger partial charge in [-0.3, -0.25) is 4.79 Å². The van der Waals surface area contributed by atoms with E-state index in [2.05, 4.69) is 5.32 Å². The fourth-order valence-electron chi connectivity index (χ4n) is 1.71. The van der Waals surface area contributed by atoms with E-state index < -0.39 is 0 Å². The Kier molecular flexibility index (Phi) is 4.26. The van der Waals surface area contributed by atoms with E-state index in [-0.39, 0.29) is 5.91 Å². The number of amides is 1. The van der Waals surface area contributed by atoms with Crippen LogP contribution in [0.5, 0.6) is 0 Å². The molecule has 0 fully saturated rings. The Balaban J connectivity index is 2.01. The van der Waals surface area contributed by atoms with Crippen molar-refractivity contribution < 1.29 is 4.79 Å². The molecule has 96 valence electrons. The van der Waals surface area contributed by atoms with Gasteiger partial charge in [0.1, 0.15) is 4.99 Å². The summed E-state index contributed by atoms with van der Waals surface area (Å²) in [5, 5.41) is 2.86. The monoisotopic (exact) mass is 270 g/mol. The molecule has 0 spiro atoms. The summed E-state index contributed by atoms with van der Waals surface area (Å²) in [5.41, 5.74) is 7.99. The maximum absolute atomic E-state index is 11.9. The predicted octanol–water partition coefficient (Wildman–Crippen LogP) is 2.25. The molecule has 2 rings (SSSR count). The third-order valence-corrected chi connectivity index (χ3v) is 2.94. The van der Waals surface area contributed by atoms with Crippen LogP contribution in [0.4, 0.5) is 0 Å². The zero-order chi connectivity index (χ0) is 13.7. The van der Waals surface area contributed by atoms with Gasteiger partial charge in [0.05, 0.1) is 0 Å². The molecule has 19 heavy (non-hydrogen) atoms. The lowest BCUT2D eigenvalue weighted by Gasteiger charge is -2.06. The molecule has 0 aliphatic heterocycles. The summed E-state index contributed by atoms with van der Waals surface area (Å²) in [4.78, 5) is 12.2. The van der Waals surface area contributed by atoms with E-state index in [0.717, 1.165) is 11.1 Å². The second-order valence-electron chi connectivity index (χ2n) is 4.11. The molecule has 0 bridgehead atoms. The number of rotatable bonds is 4. The van der Waals surface area contributed by atoms with Crippen molar-refractivity contribution in [1.29, 1.82) is 0 Å². The molecule has 1 amide bonds. The van der Waals surface area contributed by atoms with Gasteiger partial charge < -0.3 is 11.1 Å². The van der Waals surface area contributed by atoms with E-state index in [1.165, 1.54) is 0 Å². The van der Waals surface area contributed by atoms with Crippen molar-refractivity contribution in [3.8, 4) is 0 Å². The van der Waals surface area contributed by atoms with Crippen molar-refractivity contribution in [3.63, 3.8) is 0 Å². The minimum Gasteiger partial charge on any atom is -0.389 e. The molecule has 0 radical (unpaired) electrons. The molecule has 4 heteroatoms. The lowest BCUT2D eigenvalue weighted by molar-refractivity contribution is 0.0951. The number of nitrogens with one attached hydrogen (secondary N) is 1. The van der Waals surface area contributed by atoms with Crippen LogP contribution in [0.1, 0.15) is 21.5 Å². The first-order chi connectivity index (χ1) is 9.16. The first kappa shape index (κ1) is 13.2. The van der Waals surface area contributed by atoms with Crippen LogP contribution in [-0.2, 0) is 6.54 Å². The van der Waals surface area contributed by atoms with E-state index in [9.17, 15) is 4.79 Å². The second kappa shape index (κ2) is 6.11. The predicted molar refractivity (Wildman–Crippen MR) is 79.9 cm³/mol. The number of hydrogen-bond acceptors (Lipinski definition) is 2. The van der Waals surface area contributed by atoms with E-state index >= 15 is 0 Å². The number of carbonyl (C=O) groups excluding carboxylic acids is 1. The van der Waals surface area contributed by atoms with Gasteiger partial charge in [-0.05, 0) is 23.8 Å². The average Bonchev–Trinajstić information content (AvgIpc) is 2.46. The average molecular weight is 270 g/mol. The van der Waals surface area contributed by atoms with Crippen LogP contribution in [0.2, 0.25) is 0 Å². The minimum atomic E-state index is -0.0960. The summed E-state index contributed by atoms with van der Waals surface area (Å²) < 4.78 is 0. The summed E-state index contributed by atoms with van der Waals surface area (Å²) in [6.07, 6.45) is 0. The number of hydrogen-bond donors (Lipinski definition) is 2. The fourth-order valence-corrected chi connectivity index (χ4v) is 1.84. The van der Waals surface area contributed by atoms with Gasteiger partial charge in [0.2, 0.25) is 0 Å². The summed E-state index contributed by atoms with van der Waals surface area (Å²) >= 11 is 4.92. The maximum atomic E-state index is 11.9. The van der Waals surface area contributed by atoms with Crippen LogP contribution in [-0.4, -0.2) is 10.9 Å². The number of thiocarbonyl (C=S) groups is 1. The Bertz CT molecular complexity index is 596. The molecule has 2 aromatic carbocycles. The lowest BCUT2D eigenvalue weighted by atomic mass is 10.1. The third kappa shape index (κ3) is 3.63. The zero-order valence-electron chi connectivity index (χ0n) is 10.3. The number of benzene rings is 2. The standard InChI is InChI=1S/C15H14N2OS/c16-14(19)13-8-4-5-11(9-13)10-17-15(18)12-6-2-1-3-7-12/h1-9H,10H2,(H2,16,19)(H,17,18). The Morgan fingerprint density at radius 1 is 1.05 bits per heavy atom. The molecule has 0 saturated carbocycles. The largest absolute Gasteiger partial charge is 0.389 e. The number of carbonyl (C=O) groups is 1. The molecule has 3 nitrogen and oxygen atoms in total. The SMILES string of the molecule is NC(=S)c1cccc(CNC(=O)c2ccccc2)c1. The maximum Gasteiger partial charge on any atom is 0.251 e. The fraction of sp³-hybridized carbons (Fsp3) is 0.0667. The van der Waals surface area contributed by atoms with Gasteiger partial charge in [0.15, 0.2) is 0 Å². The highest BCUT2D eigenvalue weighted by atomic mass is 32.1. The van der Waals surface area contributed by atoms with E-state index in [4.69, 9.17) is 18.0 Å². The molecule has 0 aliphatic carbocycles. The molecule has 0 aromatic heterocycles. The molecule has 0 heterocycles. The van der Waals surface area contributed by atoms with E-state index in [0.29, 0.717) is 17.1 Å². The molecule has 0 saturated heterocycles. The van der Waals surface area contributed by atoms with Gasteiger partial charge in [-0.1, -0.05) is 48.6 Å². The van der Waals surface area contributed by atoms with E-state index in [1.807, 2.05) is 42.5 Å². The smallest absolute Gasteiger partial charge is 0.251 e. The quantitative estimate of drug-likeness (QED) is 0.838. The van der Waals surface area contributed by atoms with Gasteiger partial charge in [-0.25, -0.2) is 0 Å². The van der Waals surface area contributed by atoms with Crippen LogP contribution < -0.4 is 11.1 Å². The molecule has 2 aromatic rings. The number of nitrogens with two attached hydrogens (primary N) is 1. The summed E-state index contributed by atoms with van der Waals surface area (Å²) in [6, 6.07) is 16.6. The van der Waals surface area contributed by atoms with Crippen molar-refractivity contribution in [2.24, 2.45) is 5.73 Å². The van der Waals surface area contributed by atoms with Crippen LogP contribution in [0, 0.1) is 0 Å². The lowest BCUT2D eigenvalue weighted by Crippen LogP contribution is -2.22. The Labute approximate surface area is 117 Å². The molecule has 0 atom stereocenters. The summed E-state index contributed by atoms with van der Waals surface area (Å²) in [5.74, 6) is -0.0960. The Morgan fingerprint density at radius 3 is 2.42 bits per heavy atom. The molecule has 3 N–H and O–H groups in total. The van der Waals surface area contributed by atoms with Crippen molar-refractivity contribution in [2.45, 2.75) is 6.54 Å². The highest BCUT2D eigenvalue weighted by Gasteiger charge is 2.04. The van der Waals surface area contributed by atoms with Crippen LogP contribution >= 0.6 is 12.2 Å². The normalized spacial score (nSPS) is 9.89. The van der Waals surface area contributed by atoms with Gasteiger partial charge in [0, 0.05) is 17.7 Å². The van der Waals surface area contributed by atoms with Crippen molar-refractivity contribution in [3.05, 3.63) is 71.3 Å². The topological polar surface area (TPSA) is 55.1 Å². The Morgan fingerprint density at radius 2 is 1.74 bits per heavy atom. The van der Waals surface area contributed by atoms with Gasteiger partial charge in [-0.15, -0.1) is 0 Å². The zero-order valence-corrected chi connectivity index (χ0v) is 11.1.